The van der Waals surface area contributed by atoms with Gasteiger partial charge in [-0.2, -0.15) is 0 Å². The first kappa shape index (κ1) is 25.9. The monoisotopic (exact) mass is 526 g/mol. The van der Waals surface area contributed by atoms with Crippen molar-refractivity contribution in [3.8, 4) is 0 Å². The van der Waals surface area contributed by atoms with Gasteiger partial charge in [0, 0.05) is 42.1 Å². The number of piperazine rings is 1. The van der Waals surface area contributed by atoms with Crippen LogP contribution in [0.3, 0.4) is 0 Å². The Labute approximate surface area is 209 Å². The van der Waals surface area contributed by atoms with Gasteiger partial charge in [-0.25, -0.2) is 17.6 Å². The summed E-state index contributed by atoms with van der Waals surface area (Å²) in [6.45, 7) is 0.0905. The summed E-state index contributed by atoms with van der Waals surface area (Å²) in [4.78, 5) is 41.9. The van der Waals surface area contributed by atoms with Gasteiger partial charge in [0.1, 0.15) is 23.7 Å². The second-order valence-electron chi connectivity index (χ2n) is 9.05. The summed E-state index contributed by atoms with van der Waals surface area (Å²) in [6, 6.07) is 4.76. The molecule has 7 nitrogen and oxygen atoms in total. The number of halogens is 5. The zero-order chi connectivity index (χ0) is 26.2. The molecule has 36 heavy (non-hydrogen) atoms. The number of hydrogen-bond donors (Lipinski definition) is 2. The van der Waals surface area contributed by atoms with Crippen LogP contribution in [0.1, 0.15) is 24.4 Å². The topological polar surface area (TPSA) is 81.8 Å². The van der Waals surface area contributed by atoms with E-state index in [0.29, 0.717) is 6.07 Å². The molecule has 4 rings (SSSR count). The van der Waals surface area contributed by atoms with Crippen molar-refractivity contribution in [2.24, 2.45) is 0 Å². The molecule has 2 aliphatic rings. The lowest BCUT2D eigenvalue weighted by atomic mass is 9.87. The summed E-state index contributed by atoms with van der Waals surface area (Å²) in [7, 11) is 1.61. The second-order valence-corrected chi connectivity index (χ2v) is 9.45. The number of nitrogens with zero attached hydrogens (tertiary/aromatic N) is 2. The van der Waals surface area contributed by atoms with E-state index in [2.05, 4.69) is 10.6 Å². The first-order chi connectivity index (χ1) is 16.9. The van der Waals surface area contributed by atoms with Crippen LogP contribution in [0, 0.1) is 11.6 Å². The Bertz CT molecular complexity index is 1170. The van der Waals surface area contributed by atoms with E-state index in [0.717, 1.165) is 17.0 Å². The summed E-state index contributed by atoms with van der Waals surface area (Å²) in [6.07, 6.45) is -1.17. The predicted molar refractivity (Wildman–Crippen MR) is 124 cm³/mol. The van der Waals surface area contributed by atoms with Crippen molar-refractivity contribution in [1.29, 1.82) is 0 Å². The van der Waals surface area contributed by atoms with Crippen molar-refractivity contribution in [3.63, 3.8) is 0 Å². The lowest BCUT2D eigenvalue weighted by Gasteiger charge is -2.40. The highest BCUT2D eigenvalue weighted by Crippen LogP contribution is 2.39. The van der Waals surface area contributed by atoms with Crippen LogP contribution in [0.25, 0.3) is 0 Å². The standard InChI is InChI=1S/C24H23ClF4N4O3/c1-32-11-19(31-20(34)12-32)23(36)33(16-7-13(26)6-14(27)8-16)21(17-4-2-3-5-18(17)25)22(35)30-15-9-24(28,29)10-15/h2-8,15,19,21H,9-12H2,1H3,(H,30,35)(H,31,34). The minimum absolute atomic E-state index is 0.0304. The first-order valence-corrected chi connectivity index (χ1v) is 11.5. The fourth-order valence-electron chi connectivity index (χ4n) is 4.43. The molecule has 2 fully saturated rings. The molecule has 2 unspecified atom stereocenters. The molecule has 1 saturated heterocycles. The molecule has 1 aliphatic heterocycles. The van der Waals surface area contributed by atoms with Crippen LogP contribution in [0.15, 0.2) is 42.5 Å². The number of likely N-dealkylation sites (N-methyl/N-ethyl adjacent to an activating group) is 1. The molecule has 2 atom stereocenters. The molecule has 2 N–H and O–H groups in total. The number of benzene rings is 2. The van der Waals surface area contributed by atoms with Crippen LogP contribution in [-0.4, -0.2) is 60.8 Å². The molecular weight excluding hydrogens is 504 g/mol. The van der Waals surface area contributed by atoms with Crippen molar-refractivity contribution < 1.29 is 31.9 Å². The molecule has 2 aromatic carbocycles. The molecule has 1 saturated carbocycles. The normalized spacial score (nSPS) is 20.7. The quantitative estimate of drug-likeness (QED) is 0.567. The maximum atomic E-state index is 14.3. The van der Waals surface area contributed by atoms with Gasteiger partial charge in [0.2, 0.25) is 11.8 Å². The van der Waals surface area contributed by atoms with Gasteiger partial charge in [0.25, 0.3) is 11.8 Å². The third-order valence-electron chi connectivity index (χ3n) is 6.05. The van der Waals surface area contributed by atoms with Gasteiger partial charge >= 0.3 is 0 Å². The third-order valence-corrected chi connectivity index (χ3v) is 6.39. The molecule has 1 heterocycles. The maximum Gasteiger partial charge on any atom is 0.252 e. The molecular formula is C24H23ClF4N4O3. The van der Waals surface area contributed by atoms with Crippen molar-refractivity contribution in [1.82, 2.24) is 15.5 Å². The Balaban J connectivity index is 1.80. The number of alkyl halides is 2. The second kappa shape index (κ2) is 10.1. The number of rotatable bonds is 6. The van der Waals surface area contributed by atoms with E-state index < -0.39 is 66.2 Å². The van der Waals surface area contributed by atoms with Crippen LogP contribution >= 0.6 is 11.6 Å². The summed E-state index contributed by atoms with van der Waals surface area (Å²) in [5.74, 6) is -7.09. The highest BCUT2D eigenvalue weighted by Gasteiger charge is 2.47. The highest BCUT2D eigenvalue weighted by molar-refractivity contribution is 6.31. The predicted octanol–water partition coefficient (Wildman–Crippen LogP) is 3.04. The SMILES string of the molecule is CN1CC(=O)NC(C(=O)N(c2cc(F)cc(F)c2)C(C(=O)NC2CC(F)(F)C2)c2ccccc2Cl)C1. The molecule has 192 valence electrons. The lowest BCUT2D eigenvalue weighted by Crippen LogP contribution is -2.61. The first-order valence-electron chi connectivity index (χ1n) is 11.1. The van der Waals surface area contributed by atoms with Gasteiger partial charge in [0.05, 0.1) is 12.2 Å². The minimum Gasteiger partial charge on any atom is -0.351 e. The lowest BCUT2D eigenvalue weighted by molar-refractivity contribution is -0.134. The zero-order valence-electron chi connectivity index (χ0n) is 19.1. The molecule has 0 spiro atoms. The fraction of sp³-hybridized carbons (Fsp3) is 0.375. The Morgan fingerprint density at radius 3 is 2.39 bits per heavy atom. The van der Waals surface area contributed by atoms with Crippen molar-refractivity contribution in [2.45, 2.75) is 36.9 Å². The summed E-state index contributed by atoms with van der Waals surface area (Å²) in [5, 5.41) is 5.10. The molecule has 3 amide bonds. The number of anilines is 1. The Morgan fingerprint density at radius 2 is 1.81 bits per heavy atom. The van der Waals surface area contributed by atoms with Crippen LogP contribution in [-0.2, 0) is 14.4 Å². The summed E-state index contributed by atoms with van der Waals surface area (Å²) in [5.41, 5.74) is -0.199. The number of nitrogens with one attached hydrogen (secondary N) is 2. The number of amides is 3. The average molecular weight is 527 g/mol. The Morgan fingerprint density at radius 1 is 1.17 bits per heavy atom. The molecule has 1 aliphatic carbocycles. The number of carbonyl (C=O) groups is 3. The Hall–Kier alpha value is -3.18. The van der Waals surface area contributed by atoms with E-state index in [9.17, 15) is 31.9 Å². The van der Waals surface area contributed by atoms with Crippen molar-refractivity contribution in [3.05, 3.63) is 64.7 Å². The molecule has 0 bridgehead atoms. The summed E-state index contributed by atoms with van der Waals surface area (Å²) >= 11 is 6.36. The average Bonchev–Trinajstić information content (AvgIpc) is 2.75. The van der Waals surface area contributed by atoms with E-state index in [-0.39, 0.29) is 29.4 Å². The van der Waals surface area contributed by atoms with Crippen LogP contribution in [0.5, 0.6) is 0 Å². The number of carbonyl (C=O) groups excluding carboxylic acids is 3. The molecule has 0 aromatic heterocycles. The third kappa shape index (κ3) is 5.62. The number of hydrogen-bond acceptors (Lipinski definition) is 4. The van der Waals surface area contributed by atoms with Gasteiger partial charge in [-0.3, -0.25) is 24.2 Å². The minimum atomic E-state index is -2.92. The smallest absolute Gasteiger partial charge is 0.252 e. The van der Waals surface area contributed by atoms with Gasteiger partial charge in [-0.05, 0) is 25.2 Å². The highest BCUT2D eigenvalue weighted by atomic mass is 35.5. The van der Waals surface area contributed by atoms with Gasteiger partial charge in [0.15, 0.2) is 0 Å². The van der Waals surface area contributed by atoms with Gasteiger partial charge in [-0.15, -0.1) is 0 Å². The van der Waals surface area contributed by atoms with Gasteiger partial charge in [-0.1, -0.05) is 29.8 Å². The maximum absolute atomic E-state index is 14.3. The summed E-state index contributed by atoms with van der Waals surface area (Å²) < 4.78 is 55.4. The van der Waals surface area contributed by atoms with Gasteiger partial charge < -0.3 is 10.6 Å². The molecule has 0 radical (unpaired) electrons. The van der Waals surface area contributed by atoms with E-state index in [1.165, 1.54) is 12.1 Å². The molecule has 2 aromatic rings. The van der Waals surface area contributed by atoms with E-state index in [1.807, 2.05) is 0 Å². The van der Waals surface area contributed by atoms with E-state index in [4.69, 9.17) is 11.6 Å². The van der Waals surface area contributed by atoms with Crippen molar-refractivity contribution >= 4 is 35.0 Å². The zero-order valence-corrected chi connectivity index (χ0v) is 19.9. The largest absolute Gasteiger partial charge is 0.351 e. The van der Waals surface area contributed by atoms with E-state index >= 15 is 0 Å². The Kier molecular flexibility index (Phi) is 7.24. The van der Waals surface area contributed by atoms with Crippen molar-refractivity contribution in [2.75, 3.05) is 25.0 Å². The molecule has 12 heteroatoms. The van der Waals surface area contributed by atoms with E-state index in [1.54, 1.807) is 24.1 Å². The van der Waals surface area contributed by atoms with Crippen LogP contribution in [0.4, 0.5) is 23.2 Å². The fourth-order valence-corrected chi connectivity index (χ4v) is 4.67. The van der Waals surface area contributed by atoms with Crippen LogP contribution < -0.4 is 15.5 Å². The van der Waals surface area contributed by atoms with Crippen LogP contribution in [0.2, 0.25) is 5.02 Å².